The summed E-state index contributed by atoms with van der Waals surface area (Å²) >= 11 is 0. The van der Waals surface area contributed by atoms with E-state index in [2.05, 4.69) is 31.0 Å². The number of aromatic nitrogens is 6. The summed E-state index contributed by atoms with van der Waals surface area (Å²) < 4.78 is 7.58. The average molecular weight is 336 g/mol. The lowest BCUT2D eigenvalue weighted by Crippen LogP contribution is -1.99. The number of rotatable bonds is 6. The summed E-state index contributed by atoms with van der Waals surface area (Å²) in [6.07, 6.45) is 3.33. The monoisotopic (exact) mass is 336 g/mol. The quantitative estimate of drug-likeness (QED) is 0.659. The highest BCUT2D eigenvalue weighted by Gasteiger charge is 2.06. The van der Waals surface area contributed by atoms with Crippen molar-refractivity contribution in [3.05, 3.63) is 53.7 Å². The zero-order chi connectivity index (χ0) is 17.6. The second-order valence-corrected chi connectivity index (χ2v) is 5.24. The summed E-state index contributed by atoms with van der Waals surface area (Å²) in [5, 5.41) is 29.6. The van der Waals surface area contributed by atoms with Crippen molar-refractivity contribution < 1.29 is 4.74 Å². The molecule has 0 spiro atoms. The fraction of sp³-hybridized carbons (Fsp3) is 0.188. The molecule has 0 unspecified atom stereocenters. The van der Waals surface area contributed by atoms with Crippen LogP contribution < -0.4 is 10.1 Å². The van der Waals surface area contributed by atoms with Gasteiger partial charge in [-0.1, -0.05) is 0 Å². The van der Waals surface area contributed by atoms with Gasteiger partial charge in [-0.15, -0.1) is 10.2 Å². The van der Waals surface area contributed by atoms with Gasteiger partial charge in [-0.05, 0) is 36.4 Å². The first-order chi connectivity index (χ1) is 12.2. The van der Waals surface area contributed by atoms with Crippen molar-refractivity contribution in [1.29, 1.82) is 5.26 Å². The third-order valence-electron chi connectivity index (χ3n) is 3.68. The van der Waals surface area contributed by atoms with Crippen LogP contribution in [-0.4, -0.2) is 30.4 Å². The van der Waals surface area contributed by atoms with E-state index >= 15 is 0 Å². The number of H-pyrrole nitrogens is 1. The average Bonchev–Trinajstić information content (AvgIpc) is 3.27. The number of anilines is 1. The molecule has 1 aromatic carbocycles. The van der Waals surface area contributed by atoms with Crippen LogP contribution in [0.4, 0.5) is 5.69 Å². The highest BCUT2D eigenvalue weighted by Crippen LogP contribution is 2.18. The van der Waals surface area contributed by atoms with Gasteiger partial charge in [0.25, 0.3) is 0 Å². The lowest BCUT2D eigenvalue weighted by Gasteiger charge is -2.07. The molecule has 126 valence electrons. The number of nitrogens with one attached hydrogen (secondary N) is 2. The van der Waals surface area contributed by atoms with Gasteiger partial charge >= 0.3 is 0 Å². The van der Waals surface area contributed by atoms with Crippen LogP contribution in [0.15, 0.2) is 36.7 Å². The molecule has 0 bridgehead atoms. The zero-order valence-corrected chi connectivity index (χ0v) is 13.8. The molecule has 9 heteroatoms. The van der Waals surface area contributed by atoms with Crippen LogP contribution in [0.1, 0.15) is 17.1 Å². The largest absolute Gasteiger partial charge is 0.489 e. The first-order valence-corrected chi connectivity index (χ1v) is 7.48. The molecular weight excluding hydrogens is 320 g/mol. The number of aryl methyl sites for hydroxylation is 1. The Morgan fingerprint density at radius 2 is 2.20 bits per heavy atom. The van der Waals surface area contributed by atoms with Crippen LogP contribution >= 0.6 is 0 Å². The van der Waals surface area contributed by atoms with Crippen LogP contribution in [0.25, 0.3) is 5.57 Å². The maximum atomic E-state index is 9.12. The van der Waals surface area contributed by atoms with Crippen molar-refractivity contribution in [3.63, 3.8) is 0 Å². The number of tetrazole rings is 1. The van der Waals surface area contributed by atoms with Crippen LogP contribution in [0.5, 0.6) is 5.75 Å². The molecule has 0 aliphatic rings. The van der Waals surface area contributed by atoms with E-state index in [1.165, 1.54) is 6.20 Å². The van der Waals surface area contributed by atoms with Crippen molar-refractivity contribution >= 4 is 11.3 Å². The molecule has 2 aromatic heterocycles. The van der Waals surface area contributed by atoms with Crippen molar-refractivity contribution in [2.75, 3.05) is 5.32 Å². The molecule has 0 amide bonds. The van der Waals surface area contributed by atoms with E-state index in [1.807, 2.05) is 49.0 Å². The van der Waals surface area contributed by atoms with E-state index in [1.54, 1.807) is 6.20 Å². The summed E-state index contributed by atoms with van der Waals surface area (Å²) in [4.78, 5) is 0. The minimum absolute atomic E-state index is 0.238. The summed E-state index contributed by atoms with van der Waals surface area (Å²) in [7, 11) is 1.90. The van der Waals surface area contributed by atoms with Crippen LogP contribution in [0.2, 0.25) is 0 Å². The van der Waals surface area contributed by atoms with Gasteiger partial charge in [-0.2, -0.15) is 15.6 Å². The highest BCUT2D eigenvalue weighted by molar-refractivity contribution is 5.74. The van der Waals surface area contributed by atoms with Gasteiger partial charge in [0, 0.05) is 30.2 Å². The molecule has 0 saturated carbocycles. The predicted molar refractivity (Wildman–Crippen MR) is 90.1 cm³/mol. The molecule has 9 nitrogen and oxygen atoms in total. The Morgan fingerprint density at radius 1 is 1.40 bits per heavy atom. The summed E-state index contributed by atoms with van der Waals surface area (Å²) in [6, 6.07) is 9.42. The van der Waals surface area contributed by atoms with E-state index < -0.39 is 0 Å². The topological polar surface area (TPSA) is 117 Å². The maximum Gasteiger partial charge on any atom is 0.216 e. The van der Waals surface area contributed by atoms with Crippen LogP contribution in [-0.2, 0) is 13.7 Å². The Hall–Kier alpha value is -3.67. The Kier molecular flexibility index (Phi) is 4.71. The maximum absolute atomic E-state index is 9.12. The number of benzene rings is 1. The first kappa shape index (κ1) is 16.2. The van der Waals surface area contributed by atoms with E-state index in [0.29, 0.717) is 6.61 Å². The molecule has 0 aliphatic heterocycles. The second kappa shape index (κ2) is 7.27. The van der Waals surface area contributed by atoms with Gasteiger partial charge in [-0.25, -0.2) is 0 Å². The molecule has 0 aliphatic carbocycles. The molecule has 2 heterocycles. The predicted octanol–water partition coefficient (Wildman–Crippen LogP) is 1.80. The lowest BCUT2D eigenvalue weighted by atomic mass is 10.2. The van der Waals surface area contributed by atoms with E-state index in [0.717, 1.165) is 22.7 Å². The molecule has 2 N–H and O–H groups in total. The SMILES string of the molecule is Cc1c(COc2ccc(NC=C(C#N)c3nn[nH]n3)cc2)cnn1C. The standard InChI is InChI=1S/C16H16N8O/c1-11-13(9-19-24(11)2)10-25-15-5-3-14(4-6-15)18-8-12(7-17)16-20-22-23-21-16/h3-6,8-9,18H,10H2,1-2H3,(H,20,21,22,23). The van der Waals surface area contributed by atoms with Crippen molar-refractivity contribution in [2.45, 2.75) is 13.5 Å². The zero-order valence-electron chi connectivity index (χ0n) is 13.8. The molecule has 25 heavy (non-hydrogen) atoms. The number of allylic oxidation sites excluding steroid dienone is 1. The van der Waals surface area contributed by atoms with Crippen molar-refractivity contribution in [2.24, 2.45) is 7.05 Å². The molecule has 3 rings (SSSR count). The number of ether oxygens (including phenoxy) is 1. The van der Waals surface area contributed by atoms with E-state index in [9.17, 15) is 0 Å². The van der Waals surface area contributed by atoms with Crippen LogP contribution in [0.3, 0.4) is 0 Å². The summed E-state index contributed by atoms with van der Waals surface area (Å²) in [5.74, 6) is 0.984. The Labute approximate surface area is 143 Å². The molecule has 0 radical (unpaired) electrons. The van der Waals surface area contributed by atoms with E-state index in [4.69, 9.17) is 10.00 Å². The summed E-state index contributed by atoms with van der Waals surface area (Å²) in [6.45, 7) is 2.46. The summed E-state index contributed by atoms with van der Waals surface area (Å²) in [5.41, 5.74) is 3.21. The number of nitrogens with zero attached hydrogens (tertiary/aromatic N) is 6. The van der Waals surface area contributed by atoms with Gasteiger partial charge < -0.3 is 10.1 Å². The van der Waals surface area contributed by atoms with Gasteiger partial charge in [0.15, 0.2) is 0 Å². The Bertz CT molecular complexity index is 903. The minimum atomic E-state index is 0.238. The molecule has 0 atom stereocenters. The van der Waals surface area contributed by atoms with Crippen molar-refractivity contribution in [3.8, 4) is 11.8 Å². The number of hydrogen-bond donors (Lipinski definition) is 2. The number of hydrogen-bond acceptors (Lipinski definition) is 7. The third-order valence-corrected chi connectivity index (χ3v) is 3.68. The van der Waals surface area contributed by atoms with Gasteiger partial charge in [0.1, 0.15) is 24.0 Å². The second-order valence-electron chi connectivity index (χ2n) is 5.24. The van der Waals surface area contributed by atoms with Gasteiger partial charge in [-0.3, -0.25) is 4.68 Å². The molecule has 0 saturated heterocycles. The Balaban J connectivity index is 1.60. The first-order valence-electron chi connectivity index (χ1n) is 7.48. The fourth-order valence-corrected chi connectivity index (χ4v) is 2.07. The Morgan fingerprint density at radius 3 is 2.80 bits per heavy atom. The van der Waals surface area contributed by atoms with E-state index in [-0.39, 0.29) is 11.4 Å². The number of aromatic amines is 1. The molecule has 3 aromatic rings. The smallest absolute Gasteiger partial charge is 0.216 e. The van der Waals surface area contributed by atoms with Crippen molar-refractivity contribution in [1.82, 2.24) is 30.4 Å². The normalized spacial score (nSPS) is 11.2. The number of nitriles is 1. The third kappa shape index (κ3) is 3.81. The van der Waals surface area contributed by atoms with Gasteiger partial charge in [0.05, 0.1) is 6.20 Å². The highest BCUT2D eigenvalue weighted by atomic mass is 16.5. The lowest BCUT2D eigenvalue weighted by molar-refractivity contribution is 0.305. The minimum Gasteiger partial charge on any atom is -0.489 e. The van der Waals surface area contributed by atoms with Gasteiger partial charge in [0.2, 0.25) is 5.82 Å². The molecule has 0 fully saturated rings. The fourth-order valence-electron chi connectivity index (χ4n) is 2.07. The van der Waals surface area contributed by atoms with Crippen LogP contribution in [0, 0.1) is 18.3 Å². The molecular formula is C16H16N8O.